The second-order valence-electron chi connectivity index (χ2n) is 4.74. The Labute approximate surface area is 122 Å². The SMILES string of the molecule is CN(Cc1cccc(Cl)c1)Cc1c(C(=O)O)cnn1C. The van der Waals surface area contributed by atoms with E-state index < -0.39 is 5.97 Å². The van der Waals surface area contributed by atoms with Gasteiger partial charge >= 0.3 is 5.97 Å². The van der Waals surface area contributed by atoms with Gasteiger partial charge in [0.15, 0.2) is 0 Å². The van der Waals surface area contributed by atoms with E-state index in [1.54, 1.807) is 11.7 Å². The minimum Gasteiger partial charge on any atom is -0.478 e. The predicted octanol–water partition coefficient (Wildman–Crippen LogP) is 2.40. The molecular weight excluding hydrogens is 278 g/mol. The van der Waals surface area contributed by atoms with E-state index in [0.29, 0.717) is 23.8 Å². The molecule has 20 heavy (non-hydrogen) atoms. The summed E-state index contributed by atoms with van der Waals surface area (Å²) in [6.07, 6.45) is 1.38. The summed E-state index contributed by atoms with van der Waals surface area (Å²) in [5.74, 6) is -0.954. The first-order chi connectivity index (χ1) is 9.47. The molecule has 0 spiro atoms. The van der Waals surface area contributed by atoms with E-state index in [1.165, 1.54) is 6.20 Å². The number of aromatic nitrogens is 2. The quantitative estimate of drug-likeness (QED) is 0.920. The fraction of sp³-hybridized carbons (Fsp3) is 0.286. The smallest absolute Gasteiger partial charge is 0.339 e. The molecule has 0 aliphatic carbocycles. The molecule has 5 nitrogen and oxygen atoms in total. The van der Waals surface area contributed by atoms with Crippen LogP contribution in [0.4, 0.5) is 0 Å². The Morgan fingerprint density at radius 1 is 1.45 bits per heavy atom. The minimum absolute atomic E-state index is 0.241. The number of aryl methyl sites for hydroxylation is 1. The van der Waals surface area contributed by atoms with Gasteiger partial charge in [0.2, 0.25) is 0 Å². The molecule has 6 heteroatoms. The maximum absolute atomic E-state index is 11.1. The summed E-state index contributed by atoms with van der Waals surface area (Å²) < 4.78 is 1.60. The van der Waals surface area contributed by atoms with Crippen LogP contribution < -0.4 is 0 Å². The molecule has 1 heterocycles. The molecule has 0 saturated carbocycles. The van der Waals surface area contributed by atoms with Crippen molar-refractivity contribution in [3.63, 3.8) is 0 Å². The first kappa shape index (κ1) is 14.6. The van der Waals surface area contributed by atoms with Gasteiger partial charge < -0.3 is 5.11 Å². The number of hydrogen-bond acceptors (Lipinski definition) is 3. The summed E-state index contributed by atoms with van der Waals surface area (Å²) in [5, 5.41) is 13.8. The highest BCUT2D eigenvalue weighted by Crippen LogP contribution is 2.15. The largest absolute Gasteiger partial charge is 0.478 e. The van der Waals surface area contributed by atoms with Crippen molar-refractivity contribution in [1.82, 2.24) is 14.7 Å². The van der Waals surface area contributed by atoms with Gasteiger partial charge in [-0.2, -0.15) is 5.10 Å². The Morgan fingerprint density at radius 3 is 2.85 bits per heavy atom. The Bertz CT molecular complexity index is 625. The molecule has 0 saturated heterocycles. The van der Waals surface area contributed by atoms with E-state index in [1.807, 2.05) is 36.2 Å². The Kier molecular flexibility index (Phi) is 4.42. The third-order valence-corrected chi connectivity index (χ3v) is 3.29. The normalized spacial score (nSPS) is 11.0. The summed E-state index contributed by atoms with van der Waals surface area (Å²) in [6, 6.07) is 7.62. The Morgan fingerprint density at radius 2 is 2.20 bits per heavy atom. The zero-order valence-corrected chi connectivity index (χ0v) is 12.1. The van der Waals surface area contributed by atoms with Gasteiger partial charge in [-0.1, -0.05) is 23.7 Å². The maximum atomic E-state index is 11.1. The minimum atomic E-state index is -0.954. The molecule has 0 radical (unpaired) electrons. The number of halogens is 1. The molecule has 1 N–H and O–H groups in total. The van der Waals surface area contributed by atoms with E-state index in [9.17, 15) is 4.79 Å². The van der Waals surface area contributed by atoms with Gasteiger partial charge in [0.25, 0.3) is 0 Å². The third kappa shape index (κ3) is 3.37. The summed E-state index contributed by atoms with van der Waals surface area (Å²) >= 11 is 5.95. The van der Waals surface area contributed by atoms with Gasteiger partial charge in [0.05, 0.1) is 11.9 Å². The number of hydrogen-bond donors (Lipinski definition) is 1. The molecule has 0 aliphatic heterocycles. The molecular formula is C14H16ClN3O2. The van der Waals surface area contributed by atoms with E-state index in [4.69, 9.17) is 16.7 Å². The van der Waals surface area contributed by atoms with Crippen LogP contribution in [0.1, 0.15) is 21.6 Å². The number of aromatic carboxylic acids is 1. The number of rotatable bonds is 5. The summed E-state index contributed by atoms with van der Waals surface area (Å²) in [6.45, 7) is 1.19. The highest BCUT2D eigenvalue weighted by Gasteiger charge is 2.16. The number of nitrogens with zero attached hydrogens (tertiary/aromatic N) is 3. The third-order valence-electron chi connectivity index (χ3n) is 3.05. The van der Waals surface area contributed by atoms with Gasteiger partial charge in [-0.3, -0.25) is 9.58 Å². The van der Waals surface area contributed by atoms with Crippen LogP contribution in [0, 0.1) is 0 Å². The van der Waals surface area contributed by atoms with Crippen LogP contribution in [-0.4, -0.2) is 32.8 Å². The second-order valence-corrected chi connectivity index (χ2v) is 5.17. The van der Waals surface area contributed by atoms with Crippen molar-refractivity contribution in [2.75, 3.05) is 7.05 Å². The molecule has 0 amide bonds. The van der Waals surface area contributed by atoms with Crippen LogP contribution in [0.15, 0.2) is 30.5 Å². The summed E-state index contributed by atoms with van der Waals surface area (Å²) in [7, 11) is 3.68. The summed E-state index contributed by atoms with van der Waals surface area (Å²) in [4.78, 5) is 13.2. The highest BCUT2D eigenvalue weighted by molar-refractivity contribution is 6.30. The van der Waals surface area contributed by atoms with Crippen LogP contribution in [0.3, 0.4) is 0 Å². The van der Waals surface area contributed by atoms with Crippen molar-refractivity contribution in [2.45, 2.75) is 13.1 Å². The van der Waals surface area contributed by atoms with Crippen molar-refractivity contribution in [3.8, 4) is 0 Å². The topological polar surface area (TPSA) is 58.4 Å². The van der Waals surface area contributed by atoms with Crippen molar-refractivity contribution in [3.05, 3.63) is 52.3 Å². The lowest BCUT2D eigenvalue weighted by Crippen LogP contribution is -2.20. The lowest BCUT2D eigenvalue weighted by atomic mass is 10.2. The number of carboxylic acids is 1. The molecule has 2 aromatic rings. The molecule has 1 aromatic carbocycles. The fourth-order valence-corrected chi connectivity index (χ4v) is 2.30. The lowest BCUT2D eigenvalue weighted by molar-refractivity contribution is 0.0694. The number of carbonyl (C=O) groups is 1. The predicted molar refractivity (Wildman–Crippen MR) is 76.8 cm³/mol. The van der Waals surface area contributed by atoms with Crippen LogP contribution in [-0.2, 0) is 20.1 Å². The molecule has 106 valence electrons. The first-order valence-electron chi connectivity index (χ1n) is 6.14. The molecule has 0 aliphatic rings. The van der Waals surface area contributed by atoms with Gasteiger partial charge in [0, 0.05) is 25.2 Å². The van der Waals surface area contributed by atoms with Gasteiger partial charge in [-0.15, -0.1) is 0 Å². The molecule has 0 fully saturated rings. The molecule has 0 bridgehead atoms. The number of benzene rings is 1. The van der Waals surface area contributed by atoms with E-state index in [0.717, 1.165) is 5.56 Å². The van der Waals surface area contributed by atoms with Crippen molar-refractivity contribution >= 4 is 17.6 Å². The van der Waals surface area contributed by atoms with E-state index in [-0.39, 0.29) is 5.56 Å². The van der Waals surface area contributed by atoms with Crippen LogP contribution in [0.5, 0.6) is 0 Å². The Hall–Kier alpha value is -1.85. The standard InChI is InChI=1S/C14H16ClN3O2/c1-17(8-10-4-3-5-11(15)6-10)9-13-12(14(19)20)7-16-18(13)2/h3-7H,8-9H2,1-2H3,(H,19,20). The first-order valence-corrected chi connectivity index (χ1v) is 6.52. The van der Waals surface area contributed by atoms with Gasteiger partial charge in [0.1, 0.15) is 5.56 Å². The monoisotopic (exact) mass is 293 g/mol. The molecule has 0 atom stereocenters. The molecule has 2 rings (SSSR count). The van der Waals surface area contributed by atoms with Crippen molar-refractivity contribution in [1.29, 1.82) is 0 Å². The average molecular weight is 294 g/mol. The molecule has 1 aromatic heterocycles. The van der Waals surface area contributed by atoms with Crippen LogP contribution in [0.25, 0.3) is 0 Å². The van der Waals surface area contributed by atoms with Gasteiger partial charge in [-0.25, -0.2) is 4.79 Å². The zero-order valence-electron chi connectivity index (χ0n) is 11.4. The zero-order chi connectivity index (χ0) is 14.7. The second kappa shape index (κ2) is 6.07. The van der Waals surface area contributed by atoms with Crippen molar-refractivity contribution in [2.24, 2.45) is 7.05 Å². The highest BCUT2D eigenvalue weighted by atomic mass is 35.5. The maximum Gasteiger partial charge on any atom is 0.339 e. The van der Waals surface area contributed by atoms with E-state index >= 15 is 0 Å². The Balaban J connectivity index is 2.10. The van der Waals surface area contributed by atoms with Crippen molar-refractivity contribution < 1.29 is 9.90 Å². The van der Waals surface area contributed by atoms with Gasteiger partial charge in [-0.05, 0) is 24.7 Å². The van der Waals surface area contributed by atoms with Crippen LogP contribution in [0.2, 0.25) is 5.02 Å². The number of carboxylic acid groups (broad SMARTS) is 1. The lowest BCUT2D eigenvalue weighted by Gasteiger charge is -2.17. The average Bonchev–Trinajstić information content (AvgIpc) is 2.71. The molecule has 0 unspecified atom stereocenters. The fourth-order valence-electron chi connectivity index (χ4n) is 2.09. The van der Waals surface area contributed by atoms with Crippen LogP contribution >= 0.6 is 11.6 Å². The van der Waals surface area contributed by atoms with E-state index in [2.05, 4.69) is 5.10 Å². The summed E-state index contributed by atoms with van der Waals surface area (Å²) in [5.41, 5.74) is 2.01.